The number of H-pyrrole nitrogens is 1. The molecule has 0 fully saturated rings. The Morgan fingerprint density at radius 3 is 2.51 bits per heavy atom. The maximum absolute atomic E-state index is 13.9. The number of aromatic nitrogens is 4. The van der Waals surface area contributed by atoms with E-state index >= 15 is 0 Å². The Morgan fingerprint density at radius 1 is 1.08 bits per heavy atom. The molecular weight excluding hydrogens is 516 g/mol. The van der Waals surface area contributed by atoms with Gasteiger partial charge in [-0.3, -0.25) is 14.8 Å². The summed E-state index contributed by atoms with van der Waals surface area (Å²) in [5.74, 6) is -0.0557. The summed E-state index contributed by atoms with van der Waals surface area (Å²) < 4.78 is 35.5. The normalized spacial score (nSPS) is 17.0. The monoisotopic (exact) mass is 546 g/mol. The van der Waals surface area contributed by atoms with Gasteiger partial charge in [-0.25, -0.2) is 18.1 Å². The van der Waals surface area contributed by atoms with Crippen molar-refractivity contribution in [3.05, 3.63) is 77.6 Å². The van der Waals surface area contributed by atoms with Crippen LogP contribution in [0.15, 0.2) is 65.8 Å². The molecule has 11 heteroatoms. The van der Waals surface area contributed by atoms with E-state index in [1.807, 2.05) is 32.0 Å². The highest BCUT2D eigenvalue weighted by Gasteiger charge is 2.30. The molecule has 202 valence electrons. The summed E-state index contributed by atoms with van der Waals surface area (Å²) in [5, 5.41) is 6.81. The first-order valence-electron chi connectivity index (χ1n) is 12.7. The van der Waals surface area contributed by atoms with E-state index in [1.165, 1.54) is 12.1 Å². The maximum Gasteiger partial charge on any atom is 0.264 e. The molecule has 39 heavy (non-hydrogen) atoms. The summed E-state index contributed by atoms with van der Waals surface area (Å²) in [6.07, 6.45) is 3.81. The minimum absolute atomic E-state index is 0.0799. The quantitative estimate of drug-likeness (QED) is 0.378. The molecule has 0 saturated heterocycles. The fraction of sp³-hybridized carbons (Fsp3) is 0.286. The molecule has 1 aliphatic rings. The van der Waals surface area contributed by atoms with Gasteiger partial charge in [-0.2, -0.15) is 10.1 Å². The lowest BCUT2D eigenvalue weighted by Gasteiger charge is -2.32. The number of fused-ring (bicyclic) bond motifs is 4. The number of amides is 1. The van der Waals surface area contributed by atoms with E-state index in [4.69, 9.17) is 4.74 Å². The summed E-state index contributed by atoms with van der Waals surface area (Å²) in [4.78, 5) is 24.4. The highest BCUT2D eigenvalue weighted by Crippen LogP contribution is 2.31. The van der Waals surface area contributed by atoms with Crippen molar-refractivity contribution < 1.29 is 17.9 Å². The van der Waals surface area contributed by atoms with E-state index in [-0.39, 0.29) is 40.7 Å². The molecular formula is C28H30N6O4S. The standard InChI is InChI=1S/C28H30N6O4S/c1-17(2)11-21-16-38-25-13-24(26-18(3)7-5-8-19(26)4)31-28(32-25)33-39(36,37)23-10-6-9-20(12-23)27(35)34(21)22-14-29-30-15-22/h5-10,12-15,17,21H,11,16H2,1-4H3,(H,29,30)(H,31,32,33)/t21-/m1/s1. The van der Waals surface area contributed by atoms with Crippen LogP contribution in [0.5, 0.6) is 5.88 Å². The first-order valence-corrected chi connectivity index (χ1v) is 14.1. The SMILES string of the molecule is Cc1cccc(C)c1-c1cc2nc(n1)NS(=O)(=O)c1cccc(c1)C(=O)N(c1cn[nH]c1)[C@H](CC(C)C)CO2. The molecule has 0 unspecified atom stereocenters. The van der Waals surface area contributed by atoms with Crippen molar-refractivity contribution in [3.8, 4) is 17.1 Å². The average Bonchev–Trinajstić information content (AvgIpc) is 3.40. The van der Waals surface area contributed by atoms with E-state index in [1.54, 1.807) is 35.5 Å². The van der Waals surface area contributed by atoms with Crippen molar-refractivity contribution in [1.29, 1.82) is 0 Å². The molecule has 1 aliphatic heterocycles. The van der Waals surface area contributed by atoms with Gasteiger partial charge in [0, 0.05) is 23.4 Å². The van der Waals surface area contributed by atoms with Crippen molar-refractivity contribution in [3.63, 3.8) is 0 Å². The van der Waals surface area contributed by atoms with Gasteiger partial charge in [0.15, 0.2) is 0 Å². The summed E-state index contributed by atoms with van der Waals surface area (Å²) in [6.45, 7) is 8.19. The third-order valence-electron chi connectivity index (χ3n) is 6.57. The number of hydrogen-bond donors (Lipinski definition) is 2. The zero-order chi connectivity index (χ0) is 27.7. The Balaban J connectivity index is 1.70. The van der Waals surface area contributed by atoms with Crippen LogP contribution >= 0.6 is 0 Å². The number of benzene rings is 2. The van der Waals surface area contributed by atoms with Crippen molar-refractivity contribution >= 4 is 27.6 Å². The van der Waals surface area contributed by atoms with Gasteiger partial charge in [-0.1, -0.05) is 38.1 Å². The van der Waals surface area contributed by atoms with Crippen LogP contribution in [-0.2, 0) is 10.0 Å². The molecule has 3 heterocycles. The minimum Gasteiger partial charge on any atom is -0.475 e. The van der Waals surface area contributed by atoms with Gasteiger partial charge in [0.05, 0.1) is 28.5 Å². The number of ether oxygens (including phenoxy) is 1. The Hall–Kier alpha value is -4.25. The number of nitrogens with zero attached hydrogens (tertiary/aromatic N) is 4. The van der Waals surface area contributed by atoms with Crippen LogP contribution in [0.3, 0.4) is 0 Å². The van der Waals surface area contributed by atoms with Crippen LogP contribution < -0.4 is 14.4 Å². The van der Waals surface area contributed by atoms with Gasteiger partial charge in [-0.15, -0.1) is 0 Å². The predicted octanol–water partition coefficient (Wildman–Crippen LogP) is 4.74. The molecule has 0 saturated carbocycles. The second kappa shape index (κ2) is 10.5. The number of nitrogens with one attached hydrogen (secondary N) is 2. The molecule has 10 nitrogen and oxygen atoms in total. The van der Waals surface area contributed by atoms with Crippen LogP contribution in [0.1, 0.15) is 41.8 Å². The third-order valence-corrected chi connectivity index (χ3v) is 7.90. The molecule has 2 aromatic heterocycles. The highest BCUT2D eigenvalue weighted by atomic mass is 32.2. The van der Waals surface area contributed by atoms with Crippen LogP contribution in [-0.4, -0.2) is 47.1 Å². The van der Waals surface area contributed by atoms with Crippen LogP contribution in [0, 0.1) is 19.8 Å². The molecule has 4 aromatic rings. The van der Waals surface area contributed by atoms with Crippen molar-refractivity contribution in [2.24, 2.45) is 5.92 Å². The van der Waals surface area contributed by atoms with Gasteiger partial charge >= 0.3 is 0 Å². The summed E-state index contributed by atoms with van der Waals surface area (Å²) in [7, 11) is -4.12. The third kappa shape index (κ3) is 5.49. The highest BCUT2D eigenvalue weighted by molar-refractivity contribution is 7.92. The molecule has 2 aromatic carbocycles. The first-order chi connectivity index (χ1) is 18.6. The Labute approximate surface area is 227 Å². The van der Waals surface area contributed by atoms with Crippen LogP contribution in [0.2, 0.25) is 0 Å². The summed E-state index contributed by atoms with van der Waals surface area (Å²) in [6, 6.07) is 13.1. The van der Waals surface area contributed by atoms with E-state index in [0.29, 0.717) is 17.8 Å². The number of hydrogen-bond acceptors (Lipinski definition) is 7. The summed E-state index contributed by atoms with van der Waals surface area (Å²) >= 11 is 0. The summed E-state index contributed by atoms with van der Waals surface area (Å²) in [5.41, 5.74) is 4.12. The fourth-order valence-corrected chi connectivity index (χ4v) is 5.84. The van der Waals surface area contributed by atoms with Gasteiger partial charge < -0.3 is 4.74 Å². The van der Waals surface area contributed by atoms with E-state index in [2.05, 4.69) is 38.7 Å². The fourth-order valence-electron chi connectivity index (χ4n) is 4.85. The number of carbonyl (C=O) groups is 1. The van der Waals surface area contributed by atoms with Crippen LogP contribution in [0.4, 0.5) is 11.6 Å². The van der Waals surface area contributed by atoms with Gasteiger partial charge in [0.1, 0.15) is 6.61 Å². The zero-order valence-electron chi connectivity index (χ0n) is 22.2. The largest absolute Gasteiger partial charge is 0.475 e. The molecule has 2 N–H and O–H groups in total. The molecule has 0 spiro atoms. The molecule has 0 radical (unpaired) electrons. The molecule has 4 bridgehead atoms. The number of rotatable bonds is 4. The molecule has 5 rings (SSSR count). The second-order valence-corrected chi connectivity index (χ2v) is 11.7. The number of carbonyl (C=O) groups excluding carboxylic acids is 1. The van der Waals surface area contributed by atoms with Crippen LogP contribution in [0.25, 0.3) is 11.3 Å². The lowest BCUT2D eigenvalue weighted by molar-refractivity contribution is 0.0961. The van der Waals surface area contributed by atoms with E-state index in [0.717, 1.165) is 16.7 Å². The van der Waals surface area contributed by atoms with Crippen molar-refractivity contribution in [1.82, 2.24) is 20.2 Å². The van der Waals surface area contributed by atoms with Gasteiger partial charge in [-0.05, 0) is 55.5 Å². The van der Waals surface area contributed by atoms with E-state index in [9.17, 15) is 13.2 Å². The minimum atomic E-state index is -4.12. The maximum atomic E-state index is 13.9. The molecule has 1 atom stereocenters. The molecule has 1 amide bonds. The number of sulfonamides is 1. The smallest absolute Gasteiger partial charge is 0.264 e. The first kappa shape index (κ1) is 26.4. The Bertz CT molecular complexity index is 1600. The van der Waals surface area contributed by atoms with Gasteiger partial charge in [0.2, 0.25) is 11.8 Å². The second-order valence-electron chi connectivity index (χ2n) is 10.0. The average molecular weight is 547 g/mol. The Morgan fingerprint density at radius 2 is 1.82 bits per heavy atom. The number of aryl methyl sites for hydroxylation is 2. The van der Waals surface area contributed by atoms with E-state index < -0.39 is 16.1 Å². The zero-order valence-corrected chi connectivity index (χ0v) is 23.0. The lowest BCUT2D eigenvalue weighted by Crippen LogP contribution is -2.44. The van der Waals surface area contributed by atoms with Gasteiger partial charge in [0.25, 0.3) is 15.9 Å². The predicted molar refractivity (Wildman–Crippen MR) is 148 cm³/mol. The lowest BCUT2D eigenvalue weighted by atomic mass is 10.00. The number of anilines is 2. The Kier molecular flexibility index (Phi) is 7.09. The van der Waals surface area contributed by atoms with Crippen molar-refractivity contribution in [2.75, 3.05) is 16.2 Å². The topological polar surface area (TPSA) is 130 Å². The number of aromatic amines is 1. The van der Waals surface area contributed by atoms with Crippen molar-refractivity contribution in [2.45, 2.75) is 45.1 Å². The molecule has 0 aliphatic carbocycles.